The van der Waals surface area contributed by atoms with Crippen LogP contribution in [0.3, 0.4) is 0 Å². The number of ether oxygens (including phenoxy) is 1. The van der Waals surface area contributed by atoms with Crippen molar-refractivity contribution in [3.05, 3.63) is 27.4 Å². The lowest BCUT2D eigenvalue weighted by Gasteiger charge is -2.10. The zero-order valence-electron chi connectivity index (χ0n) is 9.26. The van der Waals surface area contributed by atoms with E-state index in [0.29, 0.717) is 10.6 Å². The predicted octanol–water partition coefficient (Wildman–Crippen LogP) is 0.812. The maximum absolute atomic E-state index is 11.3. The lowest BCUT2D eigenvalue weighted by molar-refractivity contribution is -0.133. The summed E-state index contributed by atoms with van der Waals surface area (Å²) in [5.74, 6) is -1.64. The number of carboxylic acid groups (broad SMARTS) is 1. The number of carbonyl (C=O) groups is 2. The quantitative estimate of drug-likeness (QED) is 0.229. The van der Waals surface area contributed by atoms with Crippen LogP contribution in [-0.2, 0) is 9.53 Å². The second kappa shape index (κ2) is 6.89. The molecule has 4 N–H and O–H groups in total. The number of aliphatic carboxylic acids is 1. The Morgan fingerprint density at radius 1 is 1.56 bits per heavy atom. The molecule has 0 atom stereocenters. The van der Waals surface area contributed by atoms with Crippen molar-refractivity contribution in [2.45, 2.75) is 0 Å². The summed E-state index contributed by atoms with van der Waals surface area (Å²) in [6.45, 7) is 0. The molecule has 9 heteroatoms. The number of rotatable bonds is 6. The molecule has 0 aliphatic carbocycles. The number of carbonyl (C=O) groups excluding carboxylic acids is 1. The first kappa shape index (κ1) is 14.4. The van der Waals surface area contributed by atoms with Crippen molar-refractivity contribution in [2.75, 3.05) is 12.5 Å². The maximum Gasteiger partial charge on any atom is 0.353 e. The zero-order chi connectivity index (χ0) is 13.5. The molecule has 1 rings (SSSR count). The number of esters is 1. The summed E-state index contributed by atoms with van der Waals surface area (Å²) in [6.07, 6.45) is 0. The molecule has 0 radical (unpaired) electrons. The fourth-order valence-corrected chi connectivity index (χ4v) is 1.91. The normalized spacial score (nSPS) is 10.9. The first-order valence-electron chi connectivity index (χ1n) is 4.60. The van der Waals surface area contributed by atoms with Crippen molar-refractivity contribution < 1.29 is 19.4 Å². The summed E-state index contributed by atoms with van der Waals surface area (Å²) in [7, 11) is 1.28. The third-order valence-corrected chi connectivity index (χ3v) is 2.94. The minimum Gasteiger partial charge on any atom is -0.477 e. The van der Waals surface area contributed by atoms with Crippen molar-refractivity contribution in [3.63, 3.8) is 0 Å². The van der Waals surface area contributed by atoms with Crippen LogP contribution in [0.2, 0.25) is 0 Å². The topological polar surface area (TPSA) is 99.7 Å². The standard InChI is InChI=1S/C9H11N3O4S2/c1-16-9(15)7-5(2-3-18-7)10-12-11-6(4-17)8(13)14/h2-4,10-12,17H,1H3,(H,13,14)/b6-4-. The van der Waals surface area contributed by atoms with E-state index in [9.17, 15) is 9.59 Å². The Bertz CT molecular complexity index is 472. The monoisotopic (exact) mass is 289 g/mol. The molecule has 0 aliphatic rings. The number of anilines is 1. The van der Waals surface area contributed by atoms with E-state index >= 15 is 0 Å². The van der Waals surface area contributed by atoms with E-state index in [1.54, 1.807) is 11.4 Å². The summed E-state index contributed by atoms with van der Waals surface area (Å²) in [6, 6.07) is 1.65. The largest absolute Gasteiger partial charge is 0.477 e. The van der Waals surface area contributed by atoms with Gasteiger partial charge in [0.05, 0.1) is 12.8 Å². The molecule has 0 fully saturated rings. The van der Waals surface area contributed by atoms with Crippen LogP contribution >= 0.6 is 24.0 Å². The number of carboxylic acids is 1. The van der Waals surface area contributed by atoms with Crippen LogP contribution in [0.1, 0.15) is 9.67 Å². The van der Waals surface area contributed by atoms with Gasteiger partial charge in [0.2, 0.25) is 0 Å². The molecule has 0 saturated heterocycles. The van der Waals surface area contributed by atoms with Crippen molar-refractivity contribution >= 4 is 41.6 Å². The van der Waals surface area contributed by atoms with Crippen molar-refractivity contribution in [1.29, 1.82) is 0 Å². The summed E-state index contributed by atoms with van der Waals surface area (Å²) < 4.78 is 4.59. The number of nitrogens with one attached hydrogen (secondary N) is 3. The molecule has 98 valence electrons. The summed E-state index contributed by atoms with van der Waals surface area (Å²) >= 11 is 4.93. The summed E-state index contributed by atoms with van der Waals surface area (Å²) in [5, 5.41) is 11.5. The average Bonchev–Trinajstić information content (AvgIpc) is 2.81. The van der Waals surface area contributed by atoms with Crippen LogP contribution in [0.15, 0.2) is 22.6 Å². The number of methoxy groups -OCH3 is 1. The van der Waals surface area contributed by atoms with E-state index in [2.05, 4.69) is 33.8 Å². The highest BCUT2D eigenvalue weighted by atomic mass is 32.1. The fraction of sp³-hybridized carbons (Fsp3) is 0.111. The zero-order valence-corrected chi connectivity index (χ0v) is 11.0. The smallest absolute Gasteiger partial charge is 0.353 e. The predicted molar refractivity (Wildman–Crippen MR) is 70.3 cm³/mol. The minimum absolute atomic E-state index is 0.152. The molecule has 0 spiro atoms. The van der Waals surface area contributed by atoms with Gasteiger partial charge in [-0.25, -0.2) is 9.59 Å². The molecule has 1 aromatic rings. The highest BCUT2D eigenvalue weighted by Gasteiger charge is 2.13. The van der Waals surface area contributed by atoms with E-state index in [0.717, 1.165) is 5.41 Å². The molecule has 0 saturated carbocycles. The van der Waals surface area contributed by atoms with E-state index in [4.69, 9.17) is 5.11 Å². The lowest BCUT2D eigenvalue weighted by Crippen LogP contribution is -2.38. The highest BCUT2D eigenvalue weighted by molar-refractivity contribution is 7.83. The van der Waals surface area contributed by atoms with E-state index in [1.165, 1.54) is 18.4 Å². The van der Waals surface area contributed by atoms with Crippen LogP contribution in [0.5, 0.6) is 0 Å². The van der Waals surface area contributed by atoms with Crippen molar-refractivity contribution in [2.24, 2.45) is 0 Å². The third-order valence-electron chi connectivity index (χ3n) is 1.79. The Kier molecular flexibility index (Phi) is 5.49. The van der Waals surface area contributed by atoms with Crippen LogP contribution in [-0.4, -0.2) is 24.2 Å². The highest BCUT2D eigenvalue weighted by Crippen LogP contribution is 2.22. The molecule has 0 aliphatic heterocycles. The van der Waals surface area contributed by atoms with E-state index in [1.807, 2.05) is 0 Å². The third kappa shape index (κ3) is 3.65. The molecule has 7 nitrogen and oxygen atoms in total. The molecule has 18 heavy (non-hydrogen) atoms. The molecular formula is C9H11N3O4S2. The Morgan fingerprint density at radius 3 is 2.83 bits per heavy atom. The van der Waals surface area contributed by atoms with Gasteiger partial charge < -0.3 is 15.3 Å². The van der Waals surface area contributed by atoms with Gasteiger partial charge in [0.15, 0.2) is 0 Å². The second-order valence-electron chi connectivity index (χ2n) is 2.88. The Balaban J connectivity index is 2.57. The summed E-state index contributed by atoms with van der Waals surface area (Å²) in [5.41, 5.74) is 7.77. The van der Waals surface area contributed by atoms with Gasteiger partial charge in [0.1, 0.15) is 10.6 Å². The van der Waals surface area contributed by atoms with Gasteiger partial charge in [-0.05, 0) is 16.9 Å². The lowest BCUT2D eigenvalue weighted by atomic mass is 10.4. The SMILES string of the molecule is COC(=O)c1sccc1NNN/C(=C\S)C(=O)O. The van der Waals surface area contributed by atoms with Gasteiger partial charge in [-0.1, -0.05) is 0 Å². The molecule has 0 bridgehead atoms. The molecule has 0 unspecified atom stereocenters. The fourth-order valence-electron chi connectivity index (χ4n) is 0.965. The number of hydrazine groups is 2. The van der Waals surface area contributed by atoms with Crippen LogP contribution in [0.25, 0.3) is 0 Å². The second-order valence-corrected chi connectivity index (χ2v) is 4.05. The Labute approximate surface area is 112 Å². The average molecular weight is 289 g/mol. The first-order chi connectivity index (χ1) is 8.60. The first-order valence-corrected chi connectivity index (χ1v) is 6.00. The van der Waals surface area contributed by atoms with Gasteiger partial charge in [-0.15, -0.1) is 29.5 Å². The maximum atomic E-state index is 11.3. The van der Waals surface area contributed by atoms with Crippen LogP contribution < -0.4 is 16.4 Å². The van der Waals surface area contributed by atoms with Crippen molar-refractivity contribution in [3.8, 4) is 0 Å². The molecular weight excluding hydrogens is 278 g/mol. The van der Waals surface area contributed by atoms with Gasteiger partial charge in [0, 0.05) is 0 Å². The molecule has 0 aromatic carbocycles. The Hall–Kier alpha value is -1.71. The molecule has 1 heterocycles. The van der Waals surface area contributed by atoms with Gasteiger partial charge in [-0.3, -0.25) is 5.43 Å². The number of hydrogen-bond donors (Lipinski definition) is 5. The van der Waals surface area contributed by atoms with Gasteiger partial charge >= 0.3 is 11.9 Å². The van der Waals surface area contributed by atoms with Crippen LogP contribution in [0, 0.1) is 0 Å². The van der Waals surface area contributed by atoms with E-state index in [-0.39, 0.29) is 5.70 Å². The molecule has 0 amide bonds. The molecule has 1 aromatic heterocycles. The minimum atomic E-state index is -1.17. The van der Waals surface area contributed by atoms with Gasteiger partial charge in [-0.2, -0.15) is 0 Å². The summed E-state index contributed by atoms with van der Waals surface area (Å²) in [4.78, 5) is 22.3. The van der Waals surface area contributed by atoms with Crippen molar-refractivity contribution in [1.82, 2.24) is 11.0 Å². The Morgan fingerprint density at radius 2 is 2.28 bits per heavy atom. The number of thiol groups is 1. The van der Waals surface area contributed by atoms with Crippen LogP contribution in [0.4, 0.5) is 5.69 Å². The van der Waals surface area contributed by atoms with E-state index < -0.39 is 11.9 Å². The number of thiophene rings is 1. The van der Waals surface area contributed by atoms with Gasteiger partial charge in [0.25, 0.3) is 0 Å². The number of hydrogen-bond acceptors (Lipinski definition) is 8.